The number of hydrogen-bond donors (Lipinski definition) is 6. The van der Waals surface area contributed by atoms with Crippen molar-refractivity contribution < 1.29 is 19.0 Å². The number of amides is 1. The summed E-state index contributed by atoms with van der Waals surface area (Å²) in [6, 6.07) is 0.339. The van der Waals surface area contributed by atoms with Gasteiger partial charge in [-0.05, 0) is 64.0 Å². The van der Waals surface area contributed by atoms with Crippen LogP contribution in [-0.4, -0.2) is 92.0 Å². The molecule has 1 amide bonds. The molecule has 35 heavy (non-hydrogen) atoms. The number of hydrogen-bond acceptors (Lipinski definition) is 8. The summed E-state index contributed by atoms with van der Waals surface area (Å²) in [4.78, 5) is 15.5. The number of carbonyl (C=O) groups excluding carboxylic acids is 1. The molecule has 9 nitrogen and oxygen atoms in total. The second-order valence-corrected chi connectivity index (χ2v) is 11.3. The van der Waals surface area contributed by atoms with Crippen LogP contribution in [0.2, 0.25) is 0 Å². The highest BCUT2D eigenvalue weighted by molar-refractivity contribution is 5.79. The molecule has 3 saturated heterocycles. The smallest absolute Gasteiger partial charge is 0.223 e. The average Bonchev–Trinajstić information content (AvgIpc) is 3.47. The van der Waals surface area contributed by atoms with Crippen molar-refractivity contribution in [2.75, 3.05) is 39.4 Å². The van der Waals surface area contributed by atoms with Crippen LogP contribution in [0.5, 0.6) is 0 Å². The zero-order chi connectivity index (χ0) is 24.2. The lowest BCUT2D eigenvalue weighted by atomic mass is 9.81. The first-order valence-corrected chi connectivity index (χ1v) is 14.0. The van der Waals surface area contributed by atoms with Gasteiger partial charge in [-0.2, -0.15) is 0 Å². The maximum absolute atomic E-state index is 13.7. The summed E-state index contributed by atoms with van der Waals surface area (Å²) in [6.07, 6.45) is 7.61. The van der Waals surface area contributed by atoms with Gasteiger partial charge in [-0.1, -0.05) is 6.42 Å². The fraction of sp³-hybridized carbons (Fsp3) is 0.960. The molecule has 5 aliphatic rings. The van der Waals surface area contributed by atoms with E-state index in [-0.39, 0.29) is 48.8 Å². The summed E-state index contributed by atoms with van der Waals surface area (Å²) in [5, 5.41) is 20.1. The summed E-state index contributed by atoms with van der Waals surface area (Å²) >= 11 is 0. The largest absolute Gasteiger partial charge is 0.395 e. The number of piperidine rings is 1. The molecule has 0 aromatic heterocycles. The topological polar surface area (TPSA) is 110 Å². The molecular formula is C25H45FN6O3. The summed E-state index contributed by atoms with van der Waals surface area (Å²) in [5.41, 5.74) is 6.94. The normalized spacial score (nSPS) is 41.1. The molecule has 5 fully saturated rings. The number of nitrogens with one attached hydrogen (secondary N) is 5. The molecule has 0 bridgehead atoms. The number of carbonyl (C=O) groups is 1. The molecule has 6 N–H and O–H groups in total. The molecule has 7 unspecified atom stereocenters. The molecule has 0 aromatic rings. The highest BCUT2D eigenvalue weighted by atomic mass is 19.1. The van der Waals surface area contributed by atoms with E-state index in [1.54, 1.807) is 0 Å². The van der Waals surface area contributed by atoms with Crippen LogP contribution < -0.4 is 26.8 Å². The number of fused-ring (bicyclic) bond motifs is 1. The van der Waals surface area contributed by atoms with Crippen LogP contribution in [0, 0.1) is 17.8 Å². The monoisotopic (exact) mass is 496 g/mol. The molecule has 8 atom stereocenters. The summed E-state index contributed by atoms with van der Waals surface area (Å²) < 4.78 is 19.5. The van der Waals surface area contributed by atoms with Crippen LogP contribution in [0.15, 0.2) is 0 Å². The van der Waals surface area contributed by atoms with Gasteiger partial charge in [0.2, 0.25) is 5.91 Å². The number of halogens is 1. The average molecular weight is 497 g/mol. The summed E-state index contributed by atoms with van der Waals surface area (Å²) in [6.45, 7) is 4.18. The Balaban J connectivity index is 1.09. The lowest BCUT2D eigenvalue weighted by Crippen LogP contribution is -2.52. The van der Waals surface area contributed by atoms with Gasteiger partial charge < -0.3 is 25.8 Å². The van der Waals surface area contributed by atoms with E-state index in [0.29, 0.717) is 38.0 Å². The molecule has 0 aromatic carbocycles. The standard InChI is InChI=1S/C25H45FN6O3/c26-18-4-5-20-21(15-35-22(20)13-18)29-25(34)17-2-1-3-19(12-17)28-14-23-30-31-24(32(23)10-11-33)16-6-8-27-9-7-16/h16-24,27-28,30-31,33H,1-15H2,(H,29,34)/t17?,18?,19?,20?,21-,22?,23?,24?/m1/s1. The Morgan fingerprint density at radius 1 is 1.09 bits per heavy atom. The van der Waals surface area contributed by atoms with E-state index in [1.165, 1.54) is 0 Å². The predicted octanol–water partition coefficient (Wildman–Crippen LogP) is 0.211. The van der Waals surface area contributed by atoms with Crippen molar-refractivity contribution >= 4 is 5.91 Å². The van der Waals surface area contributed by atoms with Gasteiger partial charge in [-0.15, -0.1) is 0 Å². The zero-order valence-corrected chi connectivity index (χ0v) is 20.9. The molecule has 0 radical (unpaired) electrons. The first-order chi connectivity index (χ1) is 17.1. The van der Waals surface area contributed by atoms with E-state index in [1.807, 2.05) is 0 Å². The molecule has 200 valence electrons. The third-order valence-corrected chi connectivity index (χ3v) is 9.10. The minimum atomic E-state index is -0.760. The Morgan fingerprint density at radius 2 is 1.94 bits per heavy atom. The van der Waals surface area contributed by atoms with E-state index in [0.717, 1.165) is 64.6 Å². The van der Waals surface area contributed by atoms with Gasteiger partial charge in [0.15, 0.2) is 0 Å². The second kappa shape index (κ2) is 12.1. The first kappa shape index (κ1) is 25.8. The quantitative estimate of drug-likeness (QED) is 0.283. The van der Waals surface area contributed by atoms with Gasteiger partial charge in [-0.3, -0.25) is 9.69 Å². The van der Waals surface area contributed by atoms with Crippen molar-refractivity contribution in [2.24, 2.45) is 17.8 Å². The van der Waals surface area contributed by atoms with E-state index >= 15 is 0 Å². The van der Waals surface area contributed by atoms with Crippen LogP contribution in [-0.2, 0) is 9.53 Å². The Bertz CT molecular complexity index is 698. The van der Waals surface area contributed by atoms with E-state index < -0.39 is 6.17 Å². The number of aliphatic hydroxyl groups excluding tert-OH is 1. The Labute approximate surface area is 208 Å². The summed E-state index contributed by atoms with van der Waals surface area (Å²) in [7, 11) is 0. The lowest BCUT2D eigenvalue weighted by molar-refractivity contribution is -0.127. The zero-order valence-electron chi connectivity index (χ0n) is 20.9. The lowest BCUT2D eigenvalue weighted by Gasteiger charge is -2.36. The highest BCUT2D eigenvalue weighted by Crippen LogP contribution is 2.36. The molecule has 2 saturated carbocycles. The third kappa shape index (κ3) is 6.17. The fourth-order valence-electron chi connectivity index (χ4n) is 7.12. The minimum Gasteiger partial charge on any atom is -0.395 e. The first-order valence-electron chi connectivity index (χ1n) is 14.0. The number of hydrazine groups is 1. The highest BCUT2D eigenvalue weighted by Gasteiger charge is 2.43. The Hall–Kier alpha value is -0.880. The molecule has 3 aliphatic heterocycles. The number of alkyl halides is 1. The van der Waals surface area contributed by atoms with Crippen molar-refractivity contribution in [1.29, 1.82) is 0 Å². The molecule has 5 rings (SSSR count). The number of aliphatic hydroxyl groups is 1. The molecular weight excluding hydrogens is 451 g/mol. The van der Waals surface area contributed by atoms with Crippen LogP contribution >= 0.6 is 0 Å². The Kier molecular flexibility index (Phi) is 8.91. The van der Waals surface area contributed by atoms with Crippen LogP contribution in [0.4, 0.5) is 4.39 Å². The minimum absolute atomic E-state index is 0.0171. The van der Waals surface area contributed by atoms with Crippen molar-refractivity contribution in [3.63, 3.8) is 0 Å². The van der Waals surface area contributed by atoms with Crippen molar-refractivity contribution in [3.05, 3.63) is 0 Å². The molecule has 3 heterocycles. The second-order valence-electron chi connectivity index (χ2n) is 11.3. The number of rotatable bonds is 8. The van der Waals surface area contributed by atoms with Gasteiger partial charge in [0, 0.05) is 37.4 Å². The van der Waals surface area contributed by atoms with Gasteiger partial charge in [0.25, 0.3) is 0 Å². The number of β-amino-alcohol motifs (C(OH)–C–C–N with tert-alkyl or cyclic N) is 1. The van der Waals surface area contributed by atoms with Crippen molar-refractivity contribution in [1.82, 2.24) is 31.7 Å². The van der Waals surface area contributed by atoms with E-state index in [4.69, 9.17) is 4.74 Å². The summed E-state index contributed by atoms with van der Waals surface area (Å²) in [5.74, 6) is 0.988. The third-order valence-electron chi connectivity index (χ3n) is 9.10. The van der Waals surface area contributed by atoms with E-state index in [9.17, 15) is 14.3 Å². The van der Waals surface area contributed by atoms with Gasteiger partial charge in [0.1, 0.15) is 6.17 Å². The maximum atomic E-state index is 13.7. The Morgan fingerprint density at radius 3 is 2.77 bits per heavy atom. The van der Waals surface area contributed by atoms with Crippen molar-refractivity contribution in [3.8, 4) is 0 Å². The number of nitrogens with zero attached hydrogens (tertiary/aromatic N) is 1. The van der Waals surface area contributed by atoms with Crippen molar-refractivity contribution in [2.45, 2.75) is 94.5 Å². The molecule has 0 spiro atoms. The SMILES string of the molecule is O=C(N[C@@H]1COC2CC(F)CCC21)C1CCCC(NCC2NNC(C3CCNCC3)N2CCO)C1. The van der Waals surface area contributed by atoms with Gasteiger partial charge in [0.05, 0.1) is 37.7 Å². The van der Waals surface area contributed by atoms with Crippen LogP contribution in [0.25, 0.3) is 0 Å². The number of ether oxygens (including phenoxy) is 1. The molecule has 2 aliphatic carbocycles. The van der Waals surface area contributed by atoms with Crippen LogP contribution in [0.1, 0.15) is 57.8 Å². The van der Waals surface area contributed by atoms with Crippen LogP contribution in [0.3, 0.4) is 0 Å². The van der Waals surface area contributed by atoms with E-state index in [2.05, 4.69) is 31.7 Å². The maximum Gasteiger partial charge on any atom is 0.223 e. The fourth-order valence-corrected chi connectivity index (χ4v) is 7.12. The van der Waals surface area contributed by atoms with Gasteiger partial charge in [-0.25, -0.2) is 15.2 Å². The van der Waals surface area contributed by atoms with Gasteiger partial charge >= 0.3 is 0 Å². The predicted molar refractivity (Wildman–Crippen MR) is 131 cm³/mol. The molecule has 10 heteroatoms.